The van der Waals surface area contributed by atoms with Gasteiger partial charge in [-0.1, -0.05) is 37.3 Å². The zero-order valence-corrected chi connectivity index (χ0v) is 15.3. The van der Waals surface area contributed by atoms with Gasteiger partial charge in [-0.3, -0.25) is 14.7 Å². The van der Waals surface area contributed by atoms with E-state index in [-0.39, 0.29) is 18.5 Å². The van der Waals surface area contributed by atoms with E-state index < -0.39 is 0 Å². The Balaban J connectivity index is 1.60. The van der Waals surface area contributed by atoms with Gasteiger partial charge in [0.15, 0.2) is 5.96 Å². The first-order valence-electron chi connectivity index (χ1n) is 8.74. The minimum absolute atomic E-state index is 0.0757. The molecule has 26 heavy (non-hydrogen) atoms. The first-order chi connectivity index (χ1) is 12.6. The van der Waals surface area contributed by atoms with Crippen molar-refractivity contribution in [1.82, 2.24) is 20.9 Å². The molecule has 0 spiro atoms. The molecular formula is C18H27N5O3. The number of urea groups is 1. The van der Waals surface area contributed by atoms with Crippen molar-refractivity contribution in [3.05, 3.63) is 35.9 Å². The van der Waals surface area contributed by atoms with Crippen LogP contribution < -0.4 is 16.0 Å². The molecule has 1 atom stereocenters. The van der Waals surface area contributed by atoms with Gasteiger partial charge >= 0.3 is 6.03 Å². The zero-order chi connectivity index (χ0) is 18.8. The van der Waals surface area contributed by atoms with Gasteiger partial charge in [-0.15, -0.1) is 0 Å². The highest BCUT2D eigenvalue weighted by Gasteiger charge is 2.27. The molecule has 0 aliphatic carbocycles. The summed E-state index contributed by atoms with van der Waals surface area (Å²) in [6.07, 6.45) is 0. The Morgan fingerprint density at radius 2 is 2.08 bits per heavy atom. The summed E-state index contributed by atoms with van der Waals surface area (Å²) in [6, 6.07) is 9.72. The number of ether oxygens (including phenoxy) is 1. The molecule has 3 amide bonds. The van der Waals surface area contributed by atoms with E-state index in [1.807, 2.05) is 30.3 Å². The Hall–Kier alpha value is -2.61. The maximum atomic E-state index is 11.5. The fourth-order valence-corrected chi connectivity index (χ4v) is 2.47. The van der Waals surface area contributed by atoms with Crippen LogP contribution in [0.2, 0.25) is 0 Å². The molecule has 2 rings (SSSR count). The van der Waals surface area contributed by atoms with Crippen molar-refractivity contribution in [2.24, 2.45) is 10.9 Å². The van der Waals surface area contributed by atoms with E-state index in [2.05, 4.69) is 27.9 Å². The van der Waals surface area contributed by atoms with Crippen molar-refractivity contribution in [2.45, 2.75) is 13.5 Å². The summed E-state index contributed by atoms with van der Waals surface area (Å²) >= 11 is 0. The molecule has 1 heterocycles. The predicted octanol–water partition coefficient (Wildman–Crippen LogP) is 0.556. The molecule has 1 aromatic carbocycles. The number of nitrogens with zero attached hydrogens (tertiary/aromatic N) is 2. The Morgan fingerprint density at radius 3 is 2.73 bits per heavy atom. The monoisotopic (exact) mass is 361 g/mol. The highest BCUT2D eigenvalue weighted by atomic mass is 16.5. The van der Waals surface area contributed by atoms with E-state index in [4.69, 9.17) is 4.74 Å². The molecule has 1 saturated heterocycles. The molecule has 0 bridgehead atoms. The van der Waals surface area contributed by atoms with Crippen LogP contribution in [0.5, 0.6) is 0 Å². The van der Waals surface area contributed by atoms with Crippen molar-refractivity contribution < 1.29 is 14.3 Å². The number of rotatable bonds is 9. The first-order valence-corrected chi connectivity index (χ1v) is 8.74. The molecule has 1 fully saturated rings. The van der Waals surface area contributed by atoms with E-state index in [0.29, 0.717) is 44.7 Å². The van der Waals surface area contributed by atoms with Gasteiger partial charge in [-0.2, -0.15) is 0 Å². The Bertz CT molecular complexity index is 605. The molecule has 1 aromatic rings. The molecule has 8 nitrogen and oxygen atoms in total. The molecule has 142 valence electrons. The minimum Gasteiger partial charge on any atom is -0.376 e. The lowest BCUT2D eigenvalue weighted by molar-refractivity contribution is -0.124. The van der Waals surface area contributed by atoms with E-state index in [1.54, 1.807) is 7.05 Å². The molecule has 0 saturated carbocycles. The number of benzene rings is 1. The number of aliphatic imine (C=N–C) groups is 1. The van der Waals surface area contributed by atoms with Gasteiger partial charge in [-0.05, 0) is 11.5 Å². The van der Waals surface area contributed by atoms with Gasteiger partial charge in [0.2, 0.25) is 5.91 Å². The van der Waals surface area contributed by atoms with Crippen molar-refractivity contribution in [3.63, 3.8) is 0 Å². The van der Waals surface area contributed by atoms with Gasteiger partial charge in [0.05, 0.1) is 19.8 Å². The van der Waals surface area contributed by atoms with Crippen LogP contribution in [-0.2, 0) is 16.1 Å². The lowest BCUT2D eigenvalue weighted by Gasteiger charge is -2.17. The average molecular weight is 361 g/mol. The maximum absolute atomic E-state index is 11.5. The van der Waals surface area contributed by atoms with Crippen LogP contribution in [-0.4, -0.2) is 62.6 Å². The van der Waals surface area contributed by atoms with E-state index in [1.165, 1.54) is 4.90 Å². The summed E-state index contributed by atoms with van der Waals surface area (Å²) in [4.78, 5) is 28.3. The van der Waals surface area contributed by atoms with Crippen molar-refractivity contribution in [1.29, 1.82) is 0 Å². The molecule has 3 N–H and O–H groups in total. The van der Waals surface area contributed by atoms with Crippen molar-refractivity contribution in [3.8, 4) is 0 Å². The topological polar surface area (TPSA) is 95.1 Å². The quantitative estimate of drug-likeness (QED) is 0.339. The summed E-state index contributed by atoms with van der Waals surface area (Å²) < 4.78 is 5.73. The molecule has 0 radical (unpaired) electrons. The third kappa shape index (κ3) is 6.36. The first kappa shape index (κ1) is 19.7. The second-order valence-electron chi connectivity index (χ2n) is 6.19. The summed E-state index contributed by atoms with van der Waals surface area (Å²) in [5, 5.41) is 8.81. The second-order valence-corrected chi connectivity index (χ2v) is 6.19. The number of guanidine groups is 1. The van der Waals surface area contributed by atoms with Crippen molar-refractivity contribution >= 4 is 17.9 Å². The van der Waals surface area contributed by atoms with Gasteiger partial charge in [-0.25, -0.2) is 4.79 Å². The smallest absolute Gasteiger partial charge is 0.324 e. The molecule has 8 heteroatoms. The van der Waals surface area contributed by atoms with E-state index >= 15 is 0 Å². The Labute approximate surface area is 154 Å². The van der Waals surface area contributed by atoms with Gasteiger partial charge < -0.3 is 20.7 Å². The van der Waals surface area contributed by atoms with Crippen LogP contribution in [0.15, 0.2) is 35.3 Å². The lowest BCUT2D eigenvalue weighted by Crippen LogP contribution is -2.44. The third-order valence-corrected chi connectivity index (χ3v) is 3.92. The van der Waals surface area contributed by atoms with Gasteiger partial charge in [0.1, 0.15) is 0 Å². The lowest BCUT2D eigenvalue weighted by atomic mass is 10.2. The predicted molar refractivity (Wildman–Crippen MR) is 99.7 cm³/mol. The summed E-state index contributed by atoms with van der Waals surface area (Å²) in [7, 11) is 1.68. The van der Waals surface area contributed by atoms with Crippen LogP contribution in [0.25, 0.3) is 0 Å². The standard InChI is InChI=1S/C18H27N5O3/c1-14(12-26-13-15-6-4-3-5-7-15)10-21-17(19-2)20-8-9-23-16(24)11-22-18(23)25/h3-7,14H,8-13H2,1-2H3,(H,22,25)(H2,19,20,21). The Kier molecular flexibility index (Phi) is 7.88. The van der Waals surface area contributed by atoms with Gasteiger partial charge in [0.25, 0.3) is 0 Å². The summed E-state index contributed by atoms with van der Waals surface area (Å²) in [6.45, 7) is 4.87. The zero-order valence-electron chi connectivity index (χ0n) is 15.3. The highest BCUT2D eigenvalue weighted by Crippen LogP contribution is 2.03. The molecule has 0 aromatic heterocycles. The van der Waals surface area contributed by atoms with Crippen LogP contribution in [0.3, 0.4) is 0 Å². The number of hydrogen-bond donors (Lipinski definition) is 3. The second kappa shape index (κ2) is 10.4. The van der Waals surface area contributed by atoms with Gasteiger partial charge in [0, 0.05) is 26.7 Å². The highest BCUT2D eigenvalue weighted by molar-refractivity contribution is 6.01. The maximum Gasteiger partial charge on any atom is 0.324 e. The minimum atomic E-state index is -0.344. The number of imide groups is 1. The van der Waals surface area contributed by atoms with Crippen LogP contribution >= 0.6 is 0 Å². The van der Waals surface area contributed by atoms with Crippen LogP contribution in [0.1, 0.15) is 12.5 Å². The molecule has 1 aliphatic heterocycles. The van der Waals surface area contributed by atoms with E-state index in [9.17, 15) is 9.59 Å². The Morgan fingerprint density at radius 1 is 1.31 bits per heavy atom. The average Bonchev–Trinajstić information content (AvgIpc) is 2.97. The van der Waals surface area contributed by atoms with E-state index in [0.717, 1.165) is 5.56 Å². The largest absolute Gasteiger partial charge is 0.376 e. The molecule has 1 unspecified atom stereocenters. The molecular weight excluding hydrogens is 334 g/mol. The number of carbonyl (C=O) groups is 2. The van der Waals surface area contributed by atoms with Crippen LogP contribution in [0, 0.1) is 5.92 Å². The SMILES string of the molecule is CN=C(NCCN1C(=O)CNC1=O)NCC(C)COCc1ccccc1. The van der Waals surface area contributed by atoms with Crippen LogP contribution in [0.4, 0.5) is 4.79 Å². The number of hydrogen-bond acceptors (Lipinski definition) is 4. The third-order valence-electron chi connectivity index (χ3n) is 3.92. The number of amides is 3. The number of carbonyl (C=O) groups excluding carboxylic acids is 2. The fourth-order valence-electron chi connectivity index (χ4n) is 2.47. The summed E-state index contributed by atoms with van der Waals surface area (Å²) in [5.41, 5.74) is 1.16. The normalized spacial score (nSPS) is 15.8. The van der Waals surface area contributed by atoms with Crippen molar-refractivity contribution in [2.75, 3.05) is 39.8 Å². The summed E-state index contributed by atoms with van der Waals surface area (Å²) in [5.74, 6) is 0.735. The fraction of sp³-hybridized carbons (Fsp3) is 0.500. The number of nitrogens with one attached hydrogen (secondary N) is 3. The molecule has 1 aliphatic rings.